The van der Waals surface area contributed by atoms with Crippen LogP contribution in [0.25, 0.3) is 5.57 Å². The van der Waals surface area contributed by atoms with Crippen molar-refractivity contribution < 1.29 is 14.3 Å². The summed E-state index contributed by atoms with van der Waals surface area (Å²) < 4.78 is 5.91. The number of rotatable bonds is 17. The van der Waals surface area contributed by atoms with E-state index in [9.17, 15) is 9.59 Å². The lowest BCUT2D eigenvalue weighted by atomic mass is 9.95. The molecule has 50 heavy (non-hydrogen) atoms. The lowest BCUT2D eigenvalue weighted by Gasteiger charge is -2.20. The van der Waals surface area contributed by atoms with Gasteiger partial charge in [0, 0.05) is 29.6 Å². The zero-order valence-corrected chi connectivity index (χ0v) is 31.3. The molecular formula is C41H55N5O3S. The lowest BCUT2D eigenvalue weighted by Crippen LogP contribution is -2.49. The molecule has 3 aromatic rings. The molecule has 2 heterocycles. The topological polar surface area (TPSA) is 104 Å². The summed E-state index contributed by atoms with van der Waals surface area (Å²) in [6.45, 7) is 17.5. The van der Waals surface area contributed by atoms with E-state index >= 15 is 0 Å². The molecule has 1 fully saturated rings. The Labute approximate surface area is 302 Å². The summed E-state index contributed by atoms with van der Waals surface area (Å²) in [6.07, 6.45) is 9.25. The number of unbranched alkanes of at least 4 members (excludes halogenated alkanes) is 4. The minimum atomic E-state index is -0.721. The molecule has 0 spiro atoms. The molecule has 3 N–H and O–H groups in total. The van der Waals surface area contributed by atoms with Crippen LogP contribution < -0.4 is 20.7 Å². The van der Waals surface area contributed by atoms with E-state index in [2.05, 4.69) is 60.3 Å². The van der Waals surface area contributed by atoms with E-state index in [1.54, 1.807) is 6.20 Å². The number of amides is 2. The van der Waals surface area contributed by atoms with Crippen molar-refractivity contribution in [2.24, 2.45) is 15.9 Å². The molecule has 0 aliphatic carbocycles. The Morgan fingerprint density at radius 2 is 1.74 bits per heavy atom. The fraction of sp³-hybridized carbons (Fsp3) is 0.463. The third-order valence-corrected chi connectivity index (χ3v) is 10.4. The fourth-order valence-corrected chi connectivity index (χ4v) is 6.70. The summed E-state index contributed by atoms with van der Waals surface area (Å²) in [6, 6.07) is 19.0. The Kier molecular flexibility index (Phi) is 15.0. The summed E-state index contributed by atoms with van der Waals surface area (Å²) in [5.41, 5.74) is 3.71. The van der Waals surface area contributed by atoms with Crippen LogP contribution in [-0.4, -0.2) is 56.7 Å². The van der Waals surface area contributed by atoms with Gasteiger partial charge >= 0.3 is 0 Å². The molecule has 8 nitrogen and oxygen atoms in total. The summed E-state index contributed by atoms with van der Waals surface area (Å²) in [5, 5.41) is 9.44. The van der Waals surface area contributed by atoms with Gasteiger partial charge in [0.15, 0.2) is 5.84 Å². The maximum atomic E-state index is 13.4. The number of aliphatic imine (C=N–C) groups is 2. The second kappa shape index (κ2) is 19.3. The number of amidine groups is 1. The van der Waals surface area contributed by atoms with Crippen molar-refractivity contribution in [1.29, 1.82) is 0 Å². The first-order valence-corrected chi connectivity index (χ1v) is 18.8. The fourth-order valence-electron chi connectivity index (χ4n) is 5.73. The largest absolute Gasteiger partial charge is 0.494 e. The molecule has 0 bridgehead atoms. The van der Waals surface area contributed by atoms with E-state index in [-0.39, 0.29) is 17.2 Å². The van der Waals surface area contributed by atoms with Crippen molar-refractivity contribution in [3.05, 3.63) is 93.3 Å². The number of carbonyl (C=O) groups is 2. The van der Waals surface area contributed by atoms with Crippen molar-refractivity contribution in [3.8, 4) is 5.75 Å². The van der Waals surface area contributed by atoms with Crippen LogP contribution in [0.1, 0.15) is 104 Å². The highest BCUT2D eigenvalue weighted by Crippen LogP contribution is 2.29. The van der Waals surface area contributed by atoms with E-state index in [1.807, 2.05) is 67.6 Å². The molecule has 1 aliphatic rings. The maximum Gasteiger partial charge on any atom is 0.262 e. The molecular weight excluding hydrogens is 643 g/mol. The SMILES string of the molecule is C=N/C(=N\C=C(/C)c1ccc(OCCCCCCC)cc1)c1ccc(C[C@H](NC(=O)c2ccc(C(C)(C)C)s2)C(=O)NC[C@@H]2CCNC2)cc1. The number of thiophene rings is 1. The molecule has 2 amide bonds. The van der Waals surface area contributed by atoms with Crippen molar-refractivity contribution in [2.45, 2.75) is 91.0 Å². The Morgan fingerprint density at radius 1 is 1.02 bits per heavy atom. The van der Waals surface area contributed by atoms with Gasteiger partial charge in [0.2, 0.25) is 5.91 Å². The standard InChI is InChI=1S/C41H55N5O3S/c1-7-8-9-10-11-24-49-34-18-16-32(17-19-34)29(2)26-44-38(42-6)33-14-12-30(13-15-33)25-35(39(47)45-28-31-22-23-43-27-31)46-40(48)36-20-21-37(50-36)41(3,4)5/h12-21,26,31,35,43H,6-11,22-25,27-28H2,1-5H3,(H,45,47)(H,46,48)/b29-26+,44-38-/t31-,35+/m1/s1. The van der Waals surface area contributed by atoms with Crippen LogP contribution in [-0.2, 0) is 16.6 Å². The quantitative estimate of drug-likeness (QED) is 0.0756. The third kappa shape index (κ3) is 12.1. The van der Waals surface area contributed by atoms with Gasteiger partial charge in [-0.05, 0) is 91.9 Å². The number of ether oxygens (including phenoxy) is 1. The van der Waals surface area contributed by atoms with Crippen LogP contribution in [0, 0.1) is 5.92 Å². The maximum absolute atomic E-state index is 13.4. The van der Waals surface area contributed by atoms with Gasteiger partial charge in [-0.3, -0.25) is 9.59 Å². The van der Waals surface area contributed by atoms with Crippen LogP contribution >= 0.6 is 11.3 Å². The van der Waals surface area contributed by atoms with Crippen molar-refractivity contribution in [1.82, 2.24) is 16.0 Å². The number of nitrogens with one attached hydrogen (secondary N) is 3. The molecule has 9 heteroatoms. The molecule has 0 radical (unpaired) electrons. The number of hydrogen-bond acceptors (Lipinski definition) is 6. The second-order valence-corrected chi connectivity index (χ2v) is 15.2. The van der Waals surface area contributed by atoms with Crippen LogP contribution in [0.2, 0.25) is 0 Å². The molecule has 1 aromatic heterocycles. The van der Waals surface area contributed by atoms with E-state index < -0.39 is 6.04 Å². The molecule has 4 rings (SSSR count). The van der Waals surface area contributed by atoms with E-state index in [0.29, 0.717) is 29.6 Å². The van der Waals surface area contributed by atoms with Crippen LogP contribution in [0.4, 0.5) is 0 Å². The average Bonchev–Trinajstić information content (AvgIpc) is 3.83. The van der Waals surface area contributed by atoms with Gasteiger partial charge in [-0.1, -0.05) is 89.8 Å². The highest BCUT2D eigenvalue weighted by Gasteiger charge is 2.25. The smallest absolute Gasteiger partial charge is 0.262 e. The van der Waals surface area contributed by atoms with Gasteiger partial charge in [-0.25, -0.2) is 9.98 Å². The van der Waals surface area contributed by atoms with Gasteiger partial charge in [0.05, 0.1) is 11.5 Å². The van der Waals surface area contributed by atoms with Crippen molar-refractivity contribution in [2.75, 3.05) is 26.2 Å². The number of benzene rings is 2. The van der Waals surface area contributed by atoms with Crippen LogP contribution in [0.5, 0.6) is 5.75 Å². The number of carbonyl (C=O) groups excluding carboxylic acids is 2. The Morgan fingerprint density at radius 3 is 2.38 bits per heavy atom. The Bertz CT molecular complexity index is 1600. The molecule has 2 atom stereocenters. The molecule has 268 valence electrons. The Balaban J connectivity index is 1.40. The molecule has 1 aliphatic heterocycles. The first-order valence-electron chi connectivity index (χ1n) is 18.0. The molecule has 1 saturated heterocycles. The van der Waals surface area contributed by atoms with E-state index in [0.717, 1.165) is 65.4 Å². The minimum Gasteiger partial charge on any atom is -0.494 e. The highest BCUT2D eigenvalue weighted by molar-refractivity contribution is 7.14. The zero-order valence-electron chi connectivity index (χ0n) is 30.5. The highest BCUT2D eigenvalue weighted by atomic mass is 32.1. The normalized spacial score (nSPS) is 15.8. The Hall–Kier alpha value is -4.08. The van der Waals surface area contributed by atoms with Gasteiger partial charge in [0.25, 0.3) is 5.91 Å². The molecule has 0 saturated carbocycles. The summed E-state index contributed by atoms with van der Waals surface area (Å²) in [7, 11) is 0. The van der Waals surface area contributed by atoms with Gasteiger partial charge in [-0.2, -0.15) is 0 Å². The van der Waals surface area contributed by atoms with Crippen LogP contribution in [0.15, 0.2) is 76.8 Å². The average molecular weight is 698 g/mol. The summed E-state index contributed by atoms with van der Waals surface area (Å²) in [5.74, 6) is 1.35. The monoisotopic (exact) mass is 697 g/mol. The first kappa shape index (κ1) is 38.7. The second-order valence-electron chi connectivity index (χ2n) is 14.2. The van der Waals surface area contributed by atoms with Crippen LogP contribution in [0.3, 0.4) is 0 Å². The molecule has 0 unspecified atom stereocenters. The van der Waals surface area contributed by atoms with E-state index in [1.165, 1.54) is 37.0 Å². The van der Waals surface area contributed by atoms with Crippen molar-refractivity contribution >= 4 is 41.3 Å². The first-order chi connectivity index (χ1) is 24.1. The van der Waals surface area contributed by atoms with Gasteiger partial charge < -0.3 is 20.7 Å². The molecule has 2 aromatic carbocycles. The number of nitrogens with zero attached hydrogens (tertiary/aromatic N) is 2. The number of allylic oxidation sites excluding steroid dienone is 1. The lowest BCUT2D eigenvalue weighted by molar-refractivity contribution is -0.123. The van der Waals surface area contributed by atoms with Gasteiger partial charge in [-0.15, -0.1) is 11.3 Å². The number of hydrogen-bond donors (Lipinski definition) is 3. The predicted octanol–water partition coefficient (Wildman–Crippen LogP) is 7.97. The third-order valence-electron chi connectivity index (χ3n) is 8.93. The minimum absolute atomic E-state index is 0.0539. The predicted molar refractivity (Wildman–Crippen MR) is 209 cm³/mol. The zero-order chi connectivity index (χ0) is 35.9. The van der Waals surface area contributed by atoms with E-state index in [4.69, 9.17) is 4.74 Å². The van der Waals surface area contributed by atoms with Gasteiger partial charge in [0.1, 0.15) is 11.8 Å². The summed E-state index contributed by atoms with van der Waals surface area (Å²) >= 11 is 1.47. The van der Waals surface area contributed by atoms with Crippen molar-refractivity contribution in [3.63, 3.8) is 0 Å². The summed E-state index contributed by atoms with van der Waals surface area (Å²) in [4.78, 5) is 37.3.